The van der Waals surface area contributed by atoms with Gasteiger partial charge in [0.25, 0.3) is 0 Å². The number of aliphatic carboxylic acids is 1. The lowest BCUT2D eigenvalue weighted by atomic mass is 9.65. The number of hydrogen-bond donors (Lipinski definition) is 1. The second kappa shape index (κ2) is 13.9. The van der Waals surface area contributed by atoms with Crippen LogP contribution in [0.15, 0.2) is 24.8 Å². The first kappa shape index (κ1) is 28.5. The van der Waals surface area contributed by atoms with Gasteiger partial charge in [-0.05, 0) is 48.3 Å². The highest BCUT2D eigenvalue weighted by atomic mass is 16.5. The lowest BCUT2D eigenvalue weighted by molar-refractivity contribution is -0.140. The Morgan fingerprint density at radius 1 is 1.00 bits per heavy atom. The molecule has 4 heteroatoms. The van der Waals surface area contributed by atoms with Gasteiger partial charge >= 0.3 is 11.9 Å². The van der Waals surface area contributed by atoms with Gasteiger partial charge in [0, 0.05) is 11.6 Å². The lowest BCUT2D eigenvalue weighted by Crippen LogP contribution is -2.34. The molecule has 0 radical (unpaired) electrons. The van der Waals surface area contributed by atoms with Gasteiger partial charge in [-0.3, -0.25) is 0 Å². The minimum absolute atomic E-state index is 0.138. The molecule has 0 amide bonds. The summed E-state index contributed by atoms with van der Waals surface area (Å²) in [6.45, 7) is 17.1. The van der Waals surface area contributed by atoms with Crippen molar-refractivity contribution in [2.75, 3.05) is 6.61 Å². The van der Waals surface area contributed by atoms with Gasteiger partial charge in [-0.15, -0.1) is 0 Å². The molecule has 2 saturated carbocycles. The van der Waals surface area contributed by atoms with Gasteiger partial charge in [0.2, 0.25) is 0 Å². The number of carbonyl (C=O) groups excluding carboxylic acids is 1. The molecule has 2 aliphatic rings. The number of hydrogen-bond acceptors (Lipinski definition) is 3. The van der Waals surface area contributed by atoms with Crippen molar-refractivity contribution in [1.82, 2.24) is 0 Å². The minimum Gasteiger partial charge on any atom is -0.478 e. The van der Waals surface area contributed by atoms with Gasteiger partial charge < -0.3 is 9.84 Å². The van der Waals surface area contributed by atoms with E-state index in [2.05, 4.69) is 40.9 Å². The third-order valence-electron chi connectivity index (χ3n) is 8.38. The van der Waals surface area contributed by atoms with E-state index in [1.54, 1.807) is 0 Å². The third kappa shape index (κ3) is 7.78. The highest BCUT2D eigenvalue weighted by Gasteiger charge is 2.62. The van der Waals surface area contributed by atoms with Gasteiger partial charge in [0.15, 0.2) is 0 Å². The van der Waals surface area contributed by atoms with Crippen LogP contribution in [0.4, 0.5) is 0 Å². The fraction of sp³-hybridized carbons (Fsp3) is 0.786. The molecule has 2 bridgehead atoms. The molecule has 0 saturated heterocycles. The number of fused-ring (bicyclic) bond motifs is 2. The van der Waals surface area contributed by atoms with Crippen LogP contribution in [0.3, 0.4) is 0 Å². The monoisotopic (exact) mass is 448 g/mol. The second-order valence-electron chi connectivity index (χ2n) is 10.5. The molecule has 184 valence electrons. The Morgan fingerprint density at radius 2 is 1.50 bits per heavy atom. The summed E-state index contributed by atoms with van der Waals surface area (Å²) in [7, 11) is 0. The molecular weight excluding hydrogens is 400 g/mol. The normalized spacial score (nSPS) is 25.0. The second-order valence-corrected chi connectivity index (χ2v) is 10.5. The van der Waals surface area contributed by atoms with Crippen LogP contribution in [0.25, 0.3) is 0 Å². The Bertz CT molecular complexity index is 621. The van der Waals surface area contributed by atoms with Gasteiger partial charge in [-0.2, -0.15) is 0 Å². The molecule has 0 aromatic carbocycles. The molecule has 1 N–H and O–H groups in total. The number of esters is 1. The van der Waals surface area contributed by atoms with Crippen molar-refractivity contribution < 1.29 is 19.4 Å². The molecule has 32 heavy (non-hydrogen) atoms. The molecule has 0 heterocycles. The van der Waals surface area contributed by atoms with Crippen molar-refractivity contribution in [3.8, 4) is 0 Å². The van der Waals surface area contributed by atoms with Crippen LogP contribution in [0.1, 0.15) is 111 Å². The predicted octanol–water partition coefficient (Wildman–Crippen LogP) is 7.73. The van der Waals surface area contributed by atoms with Crippen LogP contribution in [-0.4, -0.2) is 23.7 Å². The maximum absolute atomic E-state index is 12.5. The summed E-state index contributed by atoms with van der Waals surface area (Å²) in [6, 6.07) is 0. The number of carbonyl (C=O) groups is 2. The third-order valence-corrected chi connectivity index (χ3v) is 8.38. The fourth-order valence-corrected chi connectivity index (χ4v) is 5.72. The standard InChI is InChI=1S/C25H44O2.C3H4O2/c1-6-7-8-9-10-11-12-13-14-15-18-27-23(26)20(2)22-19-21-16-17-25(22,5)24(21,3)4;1-2-3(4)5/h21-22H,2,6-19H2,1,3-5H3;2H,1H2,(H,4,5)/t21-,22?,25-;/m1./s1. The van der Waals surface area contributed by atoms with E-state index < -0.39 is 5.97 Å². The smallest absolute Gasteiger partial charge is 0.333 e. The average molecular weight is 449 g/mol. The Morgan fingerprint density at radius 3 is 1.91 bits per heavy atom. The molecule has 2 fully saturated rings. The van der Waals surface area contributed by atoms with Crippen molar-refractivity contribution in [2.45, 2.75) is 111 Å². The van der Waals surface area contributed by atoms with Crippen molar-refractivity contribution in [3.05, 3.63) is 24.8 Å². The first-order chi connectivity index (χ1) is 15.1. The predicted molar refractivity (Wildman–Crippen MR) is 132 cm³/mol. The van der Waals surface area contributed by atoms with Crippen LogP contribution in [0.5, 0.6) is 0 Å². The van der Waals surface area contributed by atoms with Crippen molar-refractivity contribution in [3.63, 3.8) is 0 Å². The number of rotatable bonds is 14. The molecule has 0 aromatic heterocycles. The van der Waals surface area contributed by atoms with Crippen molar-refractivity contribution >= 4 is 11.9 Å². The summed E-state index contributed by atoms with van der Waals surface area (Å²) in [5.41, 5.74) is 1.27. The van der Waals surface area contributed by atoms with Crippen LogP contribution in [0.2, 0.25) is 0 Å². The average Bonchev–Trinajstić information content (AvgIpc) is 3.10. The Balaban J connectivity index is 0.000000920. The van der Waals surface area contributed by atoms with E-state index in [1.165, 1.54) is 70.6 Å². The molecule has 1 unspecified atom stereocenters. The number of unbranched alkanes of at least 4 members (excludes halogenated alkanes) is 9. The van der Waals surface area contributed by atoms with E-state index in [0.29, 0.717) is 17.9 Å². The highest BCUT2D eigenvalue weighted by molar-refractivity contribution is 5.88. The quantitative estimate of drug-likeness (QED) is 0.168. The number of ether oxygens (including phenoxy) is 1. The Kier molecular flexibility index (Phi) is 12.3. The van der Waals surface area contributed by atoms with Gasteiger partial charge in [0.1, 0.15) is 0 Å². The topological polar surface area (TPSA) is 63.6 Å². The van der Waals surface area contributed by atoms with E-state index >= 15 is 0 Å². The summed E-state index contributed by atoms with van der Waals surface area (Å²) < 4.78 is 5.57. The summed E-state index contributed by atoms with van der Waals surface area (Å²) in [6.07, 6.45) is 17.5. The van der Waals surface area contributed by atoms with E-state index in [0.717, 1.165) is 30.4 Å². The molecular formula is C28H48O4. The van der Waals surface area contributed by atoms with E-state index in [4.69, 9.17) is 9.84 Å². The van der Waals surface area contributed by atoms with Crippen molar-refractivity contribution in [2.24, 2.45) is 22.7 Å². The van der Waals surface area contributed by atoms with Crippen LogP contribution >= 0.6 is 0 Å². The maximum Gasteiger partial charge on any atom is 0.333 e. The molecule has 0 aliphatic heterocycles. The first-order valence-electron chi connectivity index (χ1n) is 12.8. The summed E-state index contributed by atoms with van der Waals surface area (Å²) in [5, 5.41) is 7.60. The molecule has 4 nitrogen and oxygen atoms in total. The molecule has 0 aromatic rings. The fourth-order valence-electron chi connectivity index (χ4n) is 5.72. The summed E-state index contributed by atoms with van der Waals surface area (Å²) in [4.78, 5) is 21.7. The number of carboxylic acid groups (broad SMARTS) is 1. The van der Waals surface area contributed by atoms with E-state index in [9.17, 15) is 9.59 Å². The van der Waals surface area contributed by atoms with Gasteiger partial charge in [-0.1, -0.05) is 98.6 Å². The highest BCUT2D eigenvalue weighted by Crippen LogP contribution is 2.69. The maximum atomic E-state index is 12.5. The lowest BCUT2D eigenvalue weighted by Gasteiger charge is -2.39. The van der Waals surface area contributed by atoms with E-state index in [-0.39, 0.29) is 11.4 Å². The van der Waals surface area contributed by atoms with Crippen molar-refractivity contribution in [1.29, 1.82) is 0 Å². The first-order valence-corrected chi connectivity index (χ1v) is 12.8. The zero-order valence-corrected chi connectivity index (χ0v) is 21.2. The minimum atomic E-state index is -0.981. The zero-order chi connectivity index (χ0) is 24.2. The largest absolute Gasteiger partial charge is 0.478 e. The Hall–Kier alpha value is -1.58. The molecule has 2 rings (SSSR count). The summed E-state index contributed by atoms with van der Waals surface area (Å²) in [5.74, 6) is -0.0732. The Labute approximate surface area is 196 Å². The van der Waals surface area contributed by atoms with E-state index in [1.807, 2.05) is 0 Å². The number of carboxylic acids is 1. The summed E-state index contributed by atoms with van der Waals surface area (Å²) >= 11 is 0. The van der Waals surface area contributed by atoms with Gasteiger partial charge in [0.05, 0.1) is 6.61 Å². The molecule has 0 spiro atoms. The van der Waals surface area contributed by atoms with Gasteiger partial charge in [-0.25, -0.2) is 9.59 Å². The zero-order valence-electron chi connectivity index (χ0n) is 21.2. The molecule has 2 aliphatic carbocycles. The SMILES string of the molecule is C=C(C(=O)OCCCCCCCCCCCC)C1C[C@H]2CC[C@@]1(C)C2(C)C.C=CC(=O)O. The van der Waals surface area contributed by atoms with Crippen LogP contribution in [0, 0.1) is 22.7 Å². The molecule has 3 atom stereocenters. The van der Waals surface area contributed by atoms with Crippen LogP contribution in [-0.2, 0) is 14.3 Å². The van der Waals surface area contributed by atoms with Crippen LogP contribution < -0.4 is 0 Å².